The van der Waals surface area contributed by atoms with Gasteiger partial charge in [-0.3, -0.25) is 0 Å². The van der Waals surface area contributed by atoms with Gasteiger partial charge in [-0.25, -0.2) is 0 Å². The van der Waals surface area contributed by atoms with Gasteiger partial charge in [0.15, 0.2) is 0 Å². The highest BCUT2D eigenvalue weighted by Gasteiger charge is 2.20. The molecule has 0 fully saturated rings. The quantitative estimate of drug-likeness (QED) is 0.199. The Morgan fingerprint density at radius 2 is 0.833 bits per heavy atom. The fraction of sp³-hybridized carbons (Fsp3) is 0. The Balaban J connectivity index is 1.27. The van der Waals surface area contributed by atoms with Crippen LogP contribution < -0.4 is 0 Å². The normalized spacial score (nSPS) is 11.3. The van der Waals surface area contributed by atoms with Crippen molar-refractivity contribution in [2.24, 2.45) is 0 Å². The topological polar surface area (TPSA) is 57.4 Å². The number of hydrogen-bond acceptors (Lipinski definition) is 2. The van der Waals surface area contributed by atoms with E-state index in [1.807, 2.05) is 36.4 Å². The fourth-order valence-electron chi connectivity index (χ4n) is 7.35. The average molecular weight is 611 g/mol. The van der Waals surface area contributed by atoms with Crippen LogP contribution in [-0.4, -0.2) is 9.13 Å². The van der Waals surface area contributed by atoms with E-state index in [1.165, 1.54) is 10.8 Å². The number of nitriles is 2. The van der Waals surface area contributed by atoms with Crippen LogP contribution in [0.4, 0.5) is 0 Å². The molecular weight excluding hydrogens is 585 g/mol. The predicted molar refractivity (Wildman–Crippen MR) is 195 cm³/mol. The molecule has 4 heteroatoms. The van der Waals surface area contributed by atoms with Crippen molar-refractivity contribution in [1.82, 2.24) is 9.13 Å². The number of para-hydroxylation sites is 4. The molecule has 4 nitrogen and oxygen atoms in total. The molecule has 222 valence electrons. The molecular formula is C44H26N4. The zero-order valence-electron chi connectivity index (χ0n) is 25.8. The smallest absolute Gasteiger partial charge is 0.0998 e. The molecule has 0 radical (unpaired) electrons. The monoisotopic (exact) mass is 610 g/mol. The fourth-order valence-corrected chi connectivity index (χ4v) is 7.35. The van der Waals surface area contributed by atoms with Crippen molar-refractivity contribution in [1.29, 1.82) is 10.5 Å². The van der Waals surface area contributed by atoms with Gasteiger partial charge in [0.05, 0.1) is 51.0 Å². The summed E-state index contributed by atoms with van der Waals surface area (Å²) in [5.74, 6) is 0. The number of hydrogen-bond donors (Lipinski definition) is 0. The highest BCUT2D eigenvalue weighted by atomic mass is 15.0. The highest BCUT2D eigenvalue weighted by Crippen LogP contribution is 2.41. The van der Waals surface area contributed by atoms with Gasteiger partial charge in [0.1, 0.15) is 0 Å². The van der Waals surface area contributed by atoms with Gasteiger partial charge in [-0.05, 0) is 59.7 Å². The number of rotatable bonds is 4. The van der Waals surface area contributed by atoms with Crippen molar-refractivity contribution in [2.45, 2.75) is 0 Å². The Bertz CT molecular complexity index is 2710. The van der Waals surface area contributed by atoms with Crippen LogP contribution in [0.5, 0.6) is 0 Å². The van der Waals surface area contributed by atoms with E-state index in [4.69, 9.17) is 0 Å². The van der Waals surface area contributed by atoms with E-state index in [9.17, 15) is 10.5 Å². The van der Waals surface area contributed by atoms with Crippen LogP contribution in [0.15, 0.2) is 158 Å². The molecule has 0 saturated heterocycles. The molecule has 2 heterocycles. The molecule has 0 aliphatic rings. The van der Waals surface area contributed by atoms with Crippen LogP contribution in [0.3, 0.4) is 0 Å². The highest BCUT2D eigenvalue weighted by molar-refractivity contribution is 6.11. The molecule has 48 heavy (non-hydrogen) atoms. The van der Waals surface area contributed by atoms with Crippen LogP contribution in [-0.2, 0) is 0 Å². The molecule has 9 aromatic rings. The number of fused-ring (bicyclic) bond motifs is 6. The van der Waals surface area contributed by atoms with E-state index in [2.05, 4.69) is 143 Å². The van der Waals surface area contributed by atoms with E-state index in [0.29, 0.717) is 11.1 Å². The maximum atomic E-state index is 10.6. The molecule has 0 spiro atoms. The van der Waals surface area contributed by atoms with Crippen LogP contribution >= 0.6 is 0 Å². The summed E-state index contributed by atoms with van der Waals surface area (Å²) in [6.45, 7) is 0. The summed E-state index contributed by atoms with van der Waals surface area (Å²) >= 11 is 0. The van der Waals surface area contributed by atoms with Crippen molar-refractivity contribution >= 4 is 43.6 Å². The molecule has 0 aliphatic carbocycles. The first-order valence-corrected chi connectivity index (χ1v) is 15.9. The molecule has 0 N–H and O–H groups in total. The minimum atomic E-state index is 0.585. The lowest BCUT2D eigenvalue weighted by molar-refractivity contribution is 1.17. The van der Waals surface area contributed by atoms with Crippen molar-refractivity contribution in [3.63, 3.8) is 0 Å². The first-order chi connectivity index (χ1) is 23.7. The van der Waals surface area contributed by atoms with E-state index >= 15 is 0 Å². The lowest BCUT2D eigenvalue weighted by Crippen LogP contribution is -2.00. The van der Waals surface area contributed by atoms with Crippen LogP contribution in [0.1, 0.15) is 11.1 Å². The second kappa shape index (κ2) is 10.9. The molecule has 0 bridgehead atoms. The molecule has 2 aromatic heterocycles. The molecule has 0 saturated carbocycles. The standard InChI is InChI=1S/C44H26N4/c45-27-29-21-23-39(44(25-29)48-42-19-9-5-15-37(42)38-16-6-10-20-43(38)48)34-12-2-1-11-33(34)32-24-22-31(26-30(32)28-46)47-40-17-7-3-13-35(40)36-14-4-8-18-41(36)47/h1-26H. The maximum Gasteiger partial charge on any atom is 0.0998 e. The van der Waals surface area contributed by atoms with E-state index in [1.54, 1.807) is 0 Å². The molecule has 0 amide bonds. The molecule has 7 aromatic carbocycles. The molecule has 0 atom stereocenters. The molecule has 0 unspecified atom stereocenters. The third-order valence-corrected chi connectivity index (χ3v) is 9.42. The third-order valence-electron chi connectivity index (χ3n) is 9.42. The van der Waals surface area contributed by atoms with Gasteiger partial charge >= 0.3 is 0 Å². The Morgan fingerprint density at radius 3 is 1.35 bits per heavy atom. The van der Waals surface area contributed by atoms with E-state index in [-0.39, 0.29) is 0 Å². The van der Waals surface area contributed by atoms with E-state index in [0.717, 1.165) is 66.5 Å². The van der Waals surface area contributed by atoms with Crippen molar-refractivity contribution < 1.29 is 0 Å². The van der Waals surface area contributed by atoms with Crippen LogP contribution in [0, 0.1) is 22.7 Å². The first-order valence-electron chi connectivity index (χ1n) is 15.9. The van der Waals surface area contributed by atoms with Crippen molar-refractivity contribution in [3.05, 3.63) is 169 Å². The predicted octanol–water partition coefficient (Wildman–Crippen LogP) is 11.0. The Hall–Kier alpha value is -6.88. The summed E-state index contributed by atoms with van der Waals surface area (Å²) < 4.78 is 4.50. The Kier molecular flexibility index (Phi) is 6.22. The van der Waals surface area contributed by atoms with Gasteiger partial charge in [-0.15, -0.1) is 0 Å². The van der Waals surface area contributed by atoms with Gasteiger partial charge in [-0.2, -0.15) is 10.5 Å². The van der Waals surface area contributed by atoms with Crippen molar-refractivity contribution in [3.8, 4) is 45.8 Å². The van der Waals surface area contributed by atoms with E-state index < -0.39 is 0 Å². The summed E-state index contributed by atoms with van der Waals surface area (Å²) in [6.07, 6.45) is 0. The summed E-state index contributed by atoms with van der Waals surface area (Å²) in [6, 6.07) is 58.8. The second-order valence-electron chi connectivity index (χ2n) is 12.0. The lowest BCUT2D eigenvalue weighted by atomic mass is 9.90. The number of aromatic nitrogens is 2. The van der Waals surface area contributed by atoms with Gasteiger partial charge in [0, 0.05) is 38.4 Å². The maximum absolute atomic E-state index is 10.6. The Labute approximate surface area is 277 Å². The summed E-state index contributed by atoms with van der Waals surface area (Å²) in [4.78, 5) is 0. The lowest BCUT2D eigenvalue weighted by Gasteiger charge is -2.18. The summed E-state index contributed by atoms with van der Waals surface area (Å²) in [5.41, 5.74) is 11.1. The van der Waals surface area contributed by atoms with Crippen molar-refractivity contribution in [2.75, 3.05) is 0 Å². The van der Waals surface area contributed by atoms with Gasteiger partial charge in [0.25, 0.3) is 0 Å². The van der Waals surface area contributed by atoms with Crippen LogP contribution in [0.2, 0.25) is 0 Å². The SMILES string of the molecule is N#Cc1ccc(-c2ccccc2-c2ccc(-n3c4ccccc4c4ccccc43)cc2C#N)c(-n2c3ccccc3c3ccccc32)c1. The largest absolute Gasteiger partial charge is 0.309 e. The average Bonchev–Trinajstić information content (AvgIpc) is 3.67. The summed E-state index contributed by atoms with van der Waals surface area (Å²) in [7, 11) is 0. The third kappa shape index (κ3) is 4.07. The molecule has 0 aliphatic heterocycles. The molecule has 9 rings (SSSR count). The minimum Gasteiger partial charge on any atom is -0.309 e. The van der Waals surface area contributed by atoms with Gasteiger partial charge in [0.2, 0.25) is 0 Å². The minimum absolute atomic E-state index is 0.585. The van der Waals surface area contributed by atoms with Gasteiger partial charge < -0.3 is 9.13 Å². The Morgan fingerprint density at radius 1 is 0.375 bits per heavy atom. The zero-order valence-corrected chi connectivity index (χ0v) is 25.8. The number of nitrogens with zero attached hydrogens (tertiary/aromatic N) is 4. The second-order valence-corrected chi connectivity index (χ2v) is 12.0. The van der Waals surface area contributed by atoms with Gasteiger partial charge in [-0.1, -0.05) is 109 Å². The van der Waals surface area contributed by atoms with Crippen LogP contribution in [0.25, 0.3) is 77.2 Å². The zero-order chi connectivity index (χ0) is 32.2. The summed E-state index contributed by atoms with van der Waals surface area (Å²) in [5, 5.41) is 25.3. The first kappa shape index (κ1) is 27.4. The number of benzene rings is 7.